The number of carbonyl (C=O) groups excluding carboxylic acids is 1. The van der Waals surface area contributed by atoms with E-state index in [9.17, 15) is 18.0 Å². The van der Waals surface area contributed by atoms with Crippen molar-refractivity contribution in [2.75, 3.05) is 0 Å². The van der Waals surface area contributed by atoms with Gasteiger partial charge in [-0.2, -0.15) is 13.2 Å². The van der Waals surface area contributed by atoms with Crippen molar-refractivity contribution < 1.29 is 18.0 Å². The maximum atomic E-state index is 13.3. The van der Waals surface area contributed by atoms with E-state index >= 15 is 0 Å². The van der Waals surface area contributed by atoms with Gasteiger partial charge in [0.05, 0.1) is 5.92 Å². The van der Waals surface area contributed by atoms with Gasteiger partial charge in [-0.25, -0.2) is 0 Å². The van der Waals surface area contributed by atoms with Gasteiger partial charge in [0.15, 0.2) is 0 Å². The second-order valence-corrected chi connectivity index (χ2v) is 6.73. The predicted molar refractivity (Wildman–Crippen MR) is 87.7 cm³/mol. The summed E-state index contributed by atoms with van der Waals surface area (Å²) >= 11 is 0. The summed E-state index contributed by atoms with van der Waals surface area (Å²) < 4.78 is 39.9. The molecule has 24 heavy (non-hydrogen) atoms. The number of fused-ring (bicyclic) bond motifs is 2. The Morgan fingerprint density at radius 1 is 1.21 bits per heavy atom. The van der Waals surface area contributed by atoms with E-state index in [4.69, 9.17) is 5.73 Å². The first-order chi connectivity index (χ1) is 10.9. The Kier molecular flexibility index (Phi) is 5.81. The number of halogens is 4. The second-order valence-electron chi connectivity index (χ2n) is 6.73. The fourth-order valence-corrected chi connectivity index (χ4v) is 4.09. The van der Waals surface area contributed by atoms with Crippen LogP contribution in [0.25, 0.3) is 0 Å². The molecule has 1 aromatic carbocycles. The molecule has 7 heteroatoms. The highest BCUT2D eigenvalue weighted by molar-refractivity contribution is 5.85. The summed E-state index contributed by atoms with van der Waals surface area (Å²) in [7, 11) is 0. The number of carbonyl (C=O) groups is 1. The Bertz CT molecular complexity index is 565. The molecular weight excluding hydrogens is 341 g/mol. The molecule has 3 nitrogen and oxygen atoms in total. The molecule has 0 spiro atoms. The minimum absolute atomic E-state index is 0. The molecule has 134 valence electrons. The Hall–Kier alpha value is -1.27. The van der Waals surface area contributed by atoms with Crippen LogP contribution in [0.4, 0.5) is 13.2 Å². The molecule has 3 rings (SSSR count). The van der Waals surface area contributed by atoms with E-state index in [1.54, 1.807) is 30.3 Å². The second kappa shape index (κ2) is 7.31. The van der Waals surface area contributed by atoms with Crippen LogP contribution >= 0.6 is 12.4 Å². The van der Waals surface area contributed by atoms with E-state index < -0.39 is 24.0 Å². The third-order valence-electron chi connectivity index (χ3n) is 5.28. The lowest BCUT2D eigenvalue weighted by Gasteiger charge is -2.30. The van der Waals surface area contributed by atoms with Crippen molar-refractivity contribution in [1.82, 2.24) is 5.32 Å². The number of amides is 1. The normalized spacial score (nSPS) is 29.8. The molecule has 0 heterocycles. The monoisotopic (exact) mass is 362 g/mol. The minimum Gasteiger partial charge on any atom is -0.344 e. The molecule has 1 amide bonds. The molecule has 1 aromatic rings. The van der Waals surface area contributed by atoms with Crippen LogP contribution < -0.4 is 11.1 Å². The Balaban J connectivity index is 0.00000208. The molecular formula is C17H22ClF3N2O. The Morgan fingerprint density at radius 3 is 2.38 bits per heavy atom. The lowest BCUT2D eigenvalue weighted by atomic mass is 9.84. The number of nitrogens with two attached hydrogens (primary N) is 1. The topological polar surface area (TPSA) is 55.1 Å². The molecule has 5 unspecified atom stereocenters. The fraction of sp³-hybridized carbons (Fsp3) is 0.588. The first kappa shape index (κ1) is 19.1. The summed E-state index contributed by atoms with van der Waals surface area (Å²) in [6.07, 6.45) is -1.98. The number of nitrogens with one attached hydrogen (secondary N) is 1. The molecule has 2 fully saturated rings. The average Bonchev–Trinajstić information content (AvgIpc) is 3.07. The van der Waals surface area contributed by atoms with Crippen molar-refractivity contribution in [3.05, 3.63) is 35.9 Å². The SMILES string of the molecule is Cl.NC1C2CCC(C2)C1C(=O)NC(Cc1ccccc1)C(F)(F)F. The first-order valence-electron chi connectivity index (χ1n) is 8.03. The summed E-state index contributed by atoms with van der Waals surface area (Å²) in [5.41, 5.74) is 6.61. The van der Waals surface area contributed by atoms with Crippen LogP contribution in [0.5, 0.6) is 0 Å². The van der Waals surface area contributed by atoms with Crippen LogP contribution in [-0.2, 0) is 11.2 Å². The molecule has 2 saturated carbocycles. The third-order valence-corrected chi connectivity index (χ3v) is 5.28. The molecule has 3 N–H and O–H groups in total. The van der Waals surface area contributed by atoms with Gasteiger partial charge in [-0.1, -0.05) is 30.3 Å². The van der Waals surface area contributed by atoms with Gasteiger partial charge >= 0.3 is 6.18 Å². The third kappa shape index (κ3) is 3.86. The van der Waals surface area contributed by atoms with E-state index in [2.05, 4.69) is 5.32 Å². The Morgan fingerprint density at radius 2 is 1.83 bits per heavy atom. The lowest BCUT2D eigenvalue weighted by molar-refractivity contribution is -0.163. The minimum atomic E-state index is -4.48. The van der Waals surface area contributed by atoms with Crippen molar-refractivity contribution in [2.24, 2.45) is 23.5 Å². The van der Waals surface area contributed by atoms with Crippen molar-refractivity contribution in [3.8, 4) is 0 Å². The van der Waals surface area contributed by atoms with E-state index in [0.717, 1.165) is 19.3 Å². The Labute approximate surface area is 145 Å². The molecule has 0 aliphatic heterocycles. The van der Waals surface area contributed by atoms with Crippen molar-refractivity contribution >= 4 is 18.3 Å². The maximum Gasteiger partial charge on any atom is 0.408 e. The van der Waals surface area contributed by atoms with Gasteiger partial charge in [-0.05, 0) is 36.7 Å². The number of benzene rings is 1. The van der Waals surface area contributed by atoms with E-state index in [0.29, 0.717) is 5.56 Å². The molecule has 2 aliphatic carbocycles. The van der Waals surface area contributed by atoms with Crippen LogP contribution in [0.2, 0.25) is 0 Å². The molecule has 0 radical (unpaired) electrons. The molecule has 5 atom stereocenters. The lowest BCUT2D eigenvalue weighted by Crippen LogP contribution is -2.53. The average molecular weight is 363 g/mol. The van der Waals surface area contributed by atoms with Crippen LogP contribution in [0.3, 0.4) is 0 Å². The highest BCUT2D eigenvalue weighted by Crippen LogP contribution is 2.47. The number of rotatable bonds is 4. The molecule has 0 aromatic heterocycles. The molecule has 2 bridgehead atoms. The summed E-state index contributed by atoms with van der Waals surface area (Å²) in [5.74, 6) is -0.591. The standard InChI is InChI=1S/C17H21F3N2O.ClH/c18-17(19,20)13(8-10-4-2-1-3-5-10)22-16(23)14-11-6-7-12(9-11)15(14)21;/h1-5,11-15H,6-9,21H2,(H,22,23);1H. The van der Waals surface area contributed by atoms with Crippen LogP contribution in [0.15, 0.2) is 30.3 Å². The summed E-state index contributed by atoms with van der Waals surface area (Å²) in [5, 5.41) is 2.22. The predicted octanol–water partition coefficient (Wildman–Crippen LogP) is 3.07. The smallest absolute Gasteiger partial charge is 0.344 e. The quantitative estimate of drug-likeness (QED) is 0.864. The summed E-state index contributed by atoms with van der Waals surface area (Å²) in [6.45, 7) is 0. The summed E-state index contributed by atoms with van der Waals surface area (Å²) in [4.78, 5) is 12.4. The van der Waals surface area contributed by atoms with Gasteiger partial charge in [0.25, 0.3) is 0 Å². The van der Waals surface area contributed by atoms with E-state index in [1.165, 1.54) is 0 Å². The zero-order valence-electron chi connectivity index (χ0n) is 13.1. The maximum absolute atomic E-state index is 13.3. The van der Waals surface area contributed by atoms with Gasteiger partial charge in [-0.3, -0.25) is 4.79 Å². The first-order valence-corrected chi connectivity index (χ1v) is 8.03. The molecule has 0 saturated heterocycles. The van der Waals surface area contributed by atoms with E-state index in [-0.39, 0.29) is 36.7 Å². The summed E-state index contributed by atoms with van der Waals surface area (Å²) in [6, 6.07) is 6.22. The van der Waals surface area contributed by atoms with E-state index in [1.807, 2.05) is 0 Å². The van der Waals surface area contributed by atoms with Crippen molar-refractivity contribution in [3.63, 3.8) is 0 Å². The number of hydrogen-bond acceptors (Lipinski definition) is 2. The van der Waals surface area contributed by atoms with Gasteiger partial charge in [0.1, 0.15) is 6.04 Å². The van der Waals surface area contributed by atoms with Gasteiger partial charge in [0, 0.05) is 12.5 Å². The number of hydrogen-bond donors (Lipinski definition) is 2. The number of alkyl halides is 3. The fourth-order valence-electron chi connectivity index (χ4n) is 4.09. The van der Waals surface area contributed by atoms with Gasteiger partial charge in [0.2, 0.25) is 5.91 Å². The van der Waals surface area contributed by atoms with Crippen molar-refractivity contribution in [2.45, 2.75) is 43.9 Å². The van der Waals surface area contributed by atoms with Crippen LogP contribution in [-0.4, -0.2) is 24.2 Å². The molecule has 2 aliphatic rings. The van der Waals surface area contributed by atoms with Crippen LogP contribution in [0, 0.1) is 17.8 Å². The van der Waals surface area contributed by atoms with Gasteiger partial charge in [-0.15, -0.1) is 12.4 Å². The highest BCUT2D eigenvalue weighted by atomic mass is 35.5. The van der Waals surface area contributed by atoms with Crippen LogP contribution in [0.1, 0.15) is 24.8 Å². The van der Waals surface area contributed by atoms with Crippen molar-refractivity contribution in [1.29, 1.82) is 0 Å². The zero-order chi connectivity index (χ0) is 16.6. The van der Waals surface area contributed by atoms with Gasteiger partial charge < -0.3 is 11.1 Å². The zero-order valence-corrected chi connectivity index (χ0v) is 13.9. The largest absolute Gasteiger partial charge is 0.408 e. The highest BCUT2D eigenvalue weighted by Gasteiger charge is 2.50.